The standard InChI is InChI=1S/C30H28O5/c1-2-33-29(30(31)32)21-22-10-16-26(17-11-22)34-20-18-27(23-7-4-3-5-8-23)24-12-14-25(15-13-24)28-9-6-19-35-28/h3-19,29H,2,20-21H2,1H3,(H,31,32)/b27-18+/t29-/m0/s1. The minimum atomic E-state index is -0.956. The molecule has 0 saturated heterocycles. The molecule has 5 nitrogen and oxygen atoms in total. The van der Waals surface area contributed by atoms with Crippen molar-refractivity contribution in [3.8, 4) is 17.1 Å². The summed E-state index contributed by atoms with van der Waals surface area (Å²) in [4.78, 5) is 11.3. The van der Waals surface area contributed by atoms with Crippen LogP contribution in [-0.2, 0) is 16.0 Å². The number of carboxylic acid groups (broad SMARTS) is 1. The molecule has 0 spiro atoms. The van der Waals surface area contributed by atoms with Crippen LogP contribution in [0.1, 0.15) is 23.6 Å². The first-order valence-corrected chi connectivity index (χ1v) is 11.6. The predicted molar refractivity (Wildman–Crippen MR) is 136 cm³/mol. The van der Waals surface area contributed by atoms with Crippen LogP contribution < -0.4 is 4.74 Å². The van der Waals surface area contributed by atoms with Gasteiger partial charge >= 0.3 is 5.97 Å². The molecular formula is C30H28O5. The second-order valence-corrected chi connectivity index (χ2v) is 7.98. The molecule has 0 aliphatic carbocycles. The van der Waals surface area contributed by atoms with Crippen LogP contribution in [0.4, 0.5) is 0 Å². The Bertz CT molecular complexity index is 1220. The van der Waals surface area contributed by atoms with Crippen molar-refractivity contribution >= 4 is 11.5 Å². The van der Waals surface area contributed by atoms with Crippen molar-refractivity contribution in [1.29, 1.82) is 0 Å². The van der Waals surface area contributed by atoms with Crippen molar-refractivity contribution in [2.75, 3.05) is 13.2 Å². The monoisotopic (exact) mass is 468 g/mol. The van der Waals surface area contributed by atoms with Crippen LogP contribution in [0.3, 0.4) is 0 Å². The quantitative estimate of drug-likeness (QED) is 0.272. The van der Waals surface area contributed by atoms with E-state index in [4.69, 9.17) is 13.9 Å². The number of hydrogen-bond acceptors (Lipinski definition) is 4. The lowest BCUT2D eigenvalue weighted by Gasteiger charge is -2.13. The summed E-state index contributed by atoms with van der Waals surface area (Å²) in [6, 6.07) is 29.8. The molecule has 0 unspecified atom stereocenters. The largest absolute Gasteiger partial charge is 0.490 e. The molecule has 1 N–H and O–H groups in total. The van der Waals surface area contributed by atoms with Gasteiger partial charge in [0, 0.05) is 18.6 Å². The highest BCUT2D eigenvalue weighted by Crippen LogP contribution is 2.27. The van der Waals surface area contributed by atoms with Gasteiger partial charge in [-0.1, -0.05) is 66.7 Å². The first-order chi connectivity index (χ1) is 17.1. The van der Waals surface area contributed by atoms with Crippen LogP contribution in [-0.4, -0.2) is 30.4 Å². The molecule has 4 rings (SSSR count). The van der Waals surface area contributed by atoms with Gasteiger partial charge in [-0.15, -0.1) is 0 Å². The first-order valence-electron chi connectivity index (χ1n) is 11.6. The molecule has 4 aromatic rings. The van der Waals surface area contributed by atoms with Gasteiger partial charge in [0.2, 0.25) is 0 Å². The second-order valence-electron chi connectivity index (χ2n) is 7.98. The Morgan fingerprint density at radius 1 is 0.914 bits per heavy atom. The van der Waals surface area contributed by atoms with E-state index < -0.39 is 12.1 Å². The number of carbonyl (C=O) groups is 1. The van der Waals surface area contributed by atoms with Crippen LogP contribution in [0.15, 0.2) is 108 Å². The van der Waals surface area contributed by atoms with E-state index in [9.17, 15) is 9.90 Å². The summed E-state index contributed by atoms with van der Waals surface area (Å²) in [7, 11) is 0. The van der Waals surface area contributed by atoms with Crippen LogP contribution in [0.5, 0.6) is 5.75 Å². The fourth-order valence-corrected chi connectivity index (χ4v) is 3.85. The third-order valence-electron chi connectivity index (χ3n) is 5.61. The Morgan fingerprint density at radius 3 is 2.26 bits per heavy atom. The number of ether oxygens (including phenoxy) is 2. The van der Waals surface area contributed by atoms with Gasteiger partial charge in [-0.25, -0.2) is 4.79 Å². The summed E-state index contributed by atoms with van der Waals surface area (Å²) >= 11 is 0. The molecule has 35 heavy (non-hydrogen) atoms. The molecule has 0 saturated carbocycles. The fraction of sp³-hybridized carbons (Fsp3) is 0.167. The van der Waals surface area contributed by atoms with E-state index in [0.29, 0.717) is 25.4 Å². The van der Waals surface area contributed by atoms with E-state index in [1.165, 1.54) is 0 Å². The van der Waals surface area contributed by atoms with E-state index in [0.717, 1.165) is 33.6 Å². The molecule has 0 bridgehead atoms. The molecule has 0 aliphatic heterocycles. The zero-order chi connectivity index (χ0) is 24.5. The lowest BCUT2D eigenvalue weighted by Crippen LogP contribution is -2.26. The Hall–Kier alpha value is -4.09. The maximum atomic E-state index is 11.3. The lowest BCUT2D eigenvalue weighted by atomic mass is 9.96. The normalized spacial score (nSPS) is 12.3. The molecule has 0 fully saturated rings. The molecule has 1 heterocycles. The first kappa shape index (κ1) is 24.0. The second kappa shape index (κ2) is 11.9. The smallest absolute Gasteiger partial charge is 0.333 e. The molecule has 0 radical (unpaired) electrons. The SMILES string of the molecule is CCO[C@@H](Cc1ccc(OC/C=C(\c2ccccc2)c2ccc(-c3ccco3)cc2)cc1)C(=O)O. The van der Waals surface area contributed by atoms with E-state index in [2.05, 4.69) is 42.5 Å². The van der Waals surface area contributed by atoms with Crippen LogP contribution in [0, 0.1) is 0 Å². The Labute approximate surface area is 205 Å². The number of rotatable bonds is 11. The Morgan fingerprint density at radius 2 is 1.63 bits per heavy atom. The maximum absolute atomic E-state index is 11.3. The Kier molecular flexibility index (Phi) is 8.15. The lowest BCUT2D eigenvalue weighted by molar-refractivity contribution is -0.149. The van der Waals surface area contributed by atoms with Gasteiger partial charge in [0.1, 0.15) is 18.1 Å². The predicted octanol–water partition coefficient (Wildman–Crippen LogP) is 6.49. The zero-order valence-corrected chi connectivity index (χ0v) is 19.6. The zero-order valence-electron chi connectivity index (χ0n) is 19.6. The van der Waals surface area contributed by atoms with Crippen molar-refractivity contribution in [2.45, 2.75) is 19.4 Å². The summed E-state index contributed by atoms with van der Waals surface area (Å²) in [5.74, 6) is 0.598. The van der Waals surface area contributed by atoms with Crippen LogP contribution >= 0.6 is 0 Å². The number of carboxylic acids is 1. The van der Waals surface area contributed by atoms with E-state index >= 15 is 0 Å². The summed E-state index contributed by atoms with van der Waals surface area (Å²) < 4.78 is 16.8. The molecule has 3 aromatic carbocycles. The average molecular weight is 469 g/mol. The number of furan rings is 1. The molecule has 1 aromatic heterocycles. The van der Waals surface area contributed by atoms with Crippen molar-refractivity contribution in [3.63, 3.8) is 0 Å². The number of hydrogen-bond donors (Lipinski definition) is 1. The molecule has 0 aliphatic rings. The van der Waals surface area contributed by atoms with Gasteiger partial charge in [-0.05, 0) is 59.5 Å². The van der Waals surface area contributed by atoms with E-state index in [1.807, 2.05) is 54.6 Å². The highest BCUT2D eigenvalue weighted by atomic mass is 16.5. The highest BCUT2D eigenvalue weighted by Gasteiger charge is 2.17. The molecule has 178 valence electrons. The van der Waals surface area contributed by atoms with Crippen LogP contribution in [0.25, 0.3) is 16.9 Å². The maximum Gasteiger partial charge on any atom is 0.333 e. The van der Waals surface area contributed by atoms with Gasteiger partial charge < -0.3 is 19.0 Å². The van der Waals surface area contributed by atoms with Gasteiger partial charge in [0.15, 0.2) is 6.10 Å². The summed E-state index contributed by atoms with van der Waals surface area (Å²) in [5, 5.41) is 9.28. The number of aliphatic carboxylic acids is 1. The van der Waals surface area contributed by atoms with E-state index in [-0.39, 0.29) is 0 Å². The minimum Gasteiger partial charge on any atom is -0.490 e. The molecule has 5 heteroatoms. The summed E-state index contributed by atoms with van der Waals surface area (Å²) in [5.41, 5.74) is 5.18. The summed E-state index contributed by atoms with van der Waals surface area (Å²) in [6.07, 6.45) is 3.21. The van der Waals surface area contributed by atoms with Gasteiger partial charge in [0.25, 0.3) is 0 Å². The number of benzene rings is 3. The molecule has 1 atom stereocenters. The Balaban J connectivity index is 1.46. The third-order valence-corrected chi connectivity index (χ3v) is 5.61. The van der Waals surface area contributed by atoms with Crippen LogP contribution in [0.2, 0.25) is 0 Å². The molecular weight excluding hydrogens is 440 g/mol. The van der Waals surface area contributed by atoms with Crippen molar-refractivity contribution < 1.29 is 23.8 Å². The van der Waals surface area contributed by atoms with E-state index in [1.54, 1.807) is 13.2 Å². The van der Waals surface area contributed by atoms with Gasteiger partial charge in [-0.2, -0.15) is 0 Å². The third kappa shape index (κ3) is 6.49. The van der Waals surface area contributed by atoms with Crippen molar-refractivity contribution in [1.82, 2.24) is 0 Å². The molecule has 0 amide bonds. The highest BCUT2D eigenvalue weighted by molar-refractivity contribution is 5.80. The van der Waals surface area contributed by atoms with Gasteiger partial charge in [-0.3, -0.25) is 0 Å². The minimum absolute atomic E-state index is 0.315. The fourth-order valence-electron chi connectivity index (χ4n) is 3.85. The average Bonchev–Trinajstić information content (AvgIpc) is 3.43. The van der Waals surface area contributed by atoms with Crippen molar-refractivity contribution in [3.05, 3.63) is 120 Å². The topological polar surface area (TPSA) is 68.9 Å². The van der Waals surface area contributed by atoms with Crippen molar-refractivity contribution in [2.24, 2.45) is 0 Å². The van der Waals surface area contributed by atoms with Gasteiger partial charge in [0.05, 0.1) is 6.26 Å². The summed E-state index contributed by atoms with van der Waals surface area (Å²) in [6.45, 7) is 2.54.